The molecule has 0 bridgehead atoms. The number of rotatable bonds is 2. The minimum absolute atomic E-state index is 0.0165. The summed E-state index contributed by atoms with van der Waals surface area (Å²) in [7, 11) is 1.30. The van der Waals surface area contributed by atoms with Gasteiger partial charge in [-0.3, -0.25) is 4.79 Å². The largest absolute Gasteiger partial charge is 0.465 e. The van der Waals surface area contributed by atoms with Crippen LogP contribution in [0.25, 0.3) is 0 Å². The van der Waals surface area contributed by atoms with E-state index in [1.165, 1.54) is 13.2 Å². The number of morpholine rings is 1. The second kappa shape index (κ2) is 5.59. The van der Waals surface area contributed by atoms with Crippen molar-refractivity contribution >= 4 is 29.2 Å². The van der Waals surface area contributed by atoms with Crippen molar-refractivity contribution in [1.82, 2.24) is 0 Å². The molecule has 0 aromatic heterocycles. The van der Waals surface area contributed by atoms with E-state index in [4.69, 9.17) is 21.1 Å². The first kappa shape index (κ1) is 13.8. The van der Waals surface area contributed by atoms with Gasteiger partial charge >= 0.3 is 5.97 Å². The number of nitrogens with zero attached hydrogens (tertiary/aromatic N) is 1. The highest BCUT2D eigenvalue weighted by Gasteiger charge is 2.27. The van der Waals surface area contributed by atoms with Crippen LogP contribution >= 0.6 is 11.6 Å². The van der Waals surface area contributed by atoms with E-state index in [0.29, 0.717) is 29.4 Å². The number of benzene rings is 1. The number of aryl methyl sites for hydroxylation is 1. The first-order chi connectivity index (χ1) is 9.04. The van der Waals surface area contributed by atoms with Gasteiger partial charge in [0.15, 0.2) is 0 Å². The Kier molecular flexibility index (Phi) is 4.07. The summed E-state index contributed by atoms with van der Waals surface area (Å²) in [6.45, 7) is 2.67. The zero-order chi connectivity index (χ0) is 14.0. The number of esters is 1. The fourth-order valence-electron chi connectivity index (χ4n) is 2.11. The van der Waals surface area contributed by atoms with Gasteiger partial charge in [-0.1, -0.05) is 11.6 Å². The van der Waals surface area contributed by atoms with Crippen LogP contribution in [0.2, 0.25) is 5.02 Å². The lowest BCUT2D eigenvalue weighted by Crippen LogP contribution is -2.42. The molecule has 2 rings (SSSR count). The summed E-state index contributed by atoms with van der Waals surface area (Å²) in [6.07, 6.45) is 0. The number of methoxy groups -OCH3 is 1. The van der Waals surface area contributed by atoms with Gasteiger partial charge in [-0.2, -0.15) is 0 Å². The van der Waals surface area contributed by atoms with Crippen molar-refractivity contribution < 1.29 is 19.1 Å². The quantitative estimate of drug-likeness (QED) is 0.777. The standard InChI is InChI=1S/C13H14ClNO4/c1-8-5-9(14)6-10(13(17)18-2)12(8)15-3-4-19-7-11(15)16/h5-6H,3-4,7H2,1-2H3. The molecule has 6 heteroatoms. The molecule has 0 aliphatic carbocycles. The summed E-state index contributed by atoms with van der Waals surface area (Å²) in [5.74, 6) is -0.693. The molecule has 1 aliphatic heterocycles. The maximum absolute atomic E-state index is 11.9. The second-order valence-electron chi connectivity index (χ2n) is 4.21. The fourth-order valence-corrected chi connectivity index (χ4v) is 2.39. The monoisotopic (exact) mass is 283 g/mol. The number of hydrogen-bond acceptors (Lipinski definition) is 4. The lowest BCUT2D eigenvalue weighted by molar-refractivity contribution is -0.125. The van der Waals surface area contributed by atoms with E-state index < -0.39 is 5.97 Å². The SMILES string of the molecule is COC(=O)c1cc(Cl)cc(C)c1N1CCOCC1=O. The number of hydrogen-bond donors (Lipinski definition) is 0. The van der Waals surface area contributed by atoms with E-state index in [2.05, 4.69) is 0 Å². The van der Waals surface area contributed by atoms with E-state index in [-0.39, 0.29) is 12.5 Å². The van der Waals surface area contributed by atoms with Gasteiger partial charge in [0.2, 0.25) is 0 Å². The van der Waals surface area contributed by atoms with Crippen LogP contribution in [0.3, 0.4) is 0 Å². The molecule has 5 nitrogen and oxygen atoms in total. The molecular weight excluding hydrogens is 270 g/mol. The summed E-state index contributed by atoms with van der Waals surface area (Å²) in [5, 5.41) is 0.433. The molecule has 102 valence electrons. The normalized spacial score (nSPS) is 15.5. The van der Waals surface area contributed by atoms with Gasteiger partial charge in [-0.25, -0.2) is 4.79 Å². The van der Waals surface area contributed by atoms with Crippen LogP contribution in [-0.2, 0) is 14.3 Å². The average Bonchev–Trinajstić information content (AvgIpc) is 2.38. The van der Waals surface area contributed by atoms with Crippen molar-refractivity contribution in [3.63, 3.8) is 0 Å². The Morgan fingerprint density at radius 1 is 1.47 bits per heavy atom. The molecule has 0 N–H and O–H groups in total. The van der Waals surface area contributed by atoms with Crippen LogP contribution in [0.15, 0.2) is 12.1 Å². The maximum Gasteiger partial charge on any atom is 0.340 e. The molecule has 0 atom stereocenters. The molecule has 0 spiro atoms. The summed E-state index contributed by atoms with van der Waals surface area (Å²) in [6, 6.07) is 3.23. The van der Waals surface area contributed by atoms with Gasteiger partial charge < -0.3 is 14.4 Å². The van der Waals surface area contributed by atoms with Crippen molar-refractivity contribution in [2.45, 2.75) is 6.92 Å². The molecule has 1 amide bonds. The second-order valence-corrected chi connectivity index (χ2v) is 4.64. The van der Waals surface area contributed by atoms with E-state index >= 15 is 0 Å². The molecule has 19 heavy (non-hydrogen) atoms. The summed E-state index contributed by atoms with van der Waals surface area (Å²) >= 11 is 5.96. The van der Waals surface area contributed by atoms with Crippen molar-refractivity contribution in [3.05, 3.63) is 28.3 Å². The molecule has 0 radical (unpaired) electrons. The summed E-state index contributed by atoms with van der Waals surface area (Å²) < 4.78 is 9.84. The maximum atomic E-state index is 11.9. The van der Waals surface area contributed by atoms with Gasteiger partial charge in [-0.15, -0.1) is 0 Å². The Labute approximate surface area is 116 Å². The Bertz CT molecular complexity index is 530. The molecule has 1 saturated heterocycles. The Hall–Kier alpha value is -1.59. The first-order valence-corrected chi connectivity index (χ1v) is 6.19. The highest BCUT2D eigenvalue weighted by molar-refractivity contribution is 6.31. The van der Waals surface area contributed by atoms with Crippen molar-refractivity contribution in [3.8, 4) is 0 Å². The van der Waals surface area contributed by atoms with E-state index in [1.807, 2.05) is 0 Å². The highest BCUT2D eigenvalue weighted by Crippen LogP contribution is 2.30. The number of ether oxygens (including phenoxy) is 2. The molecule has 1 fully saturated rings. The first-order valence-electron chi connectivity index (χ1n) is 5.81. The van der Waals surface area contributed by atoms with Gasteiger partial charge in [0.25, 0.3) is 5.91 Å². The number of anilines is 1. The Morgan fingerprint density at radius 2 is 2.21 bits per heavy atom. The van der Waals surface area contributed by atoms with Crippen molar-refractivity contribution in [2.75, 3.05) is 31.8 Å². The zero-order valence-corrected chi connectivity index (χ0v) is 11.5. The van der Waals surface area contributed by atoms with Gasteiger partial charge in [0.1, 0.15) is 6.61 Å². The van der Waals surface area contributed by atoms with E-state index in [9.17, 15) is 9.59 Å². The lowest BCUT2D eigenvalue weighted by Gasteiger charge is -2.29. The van der Waals surface area contributed by atoms with Crippen LogP contribution in [-0.4, -0.2) is 38.7 Å². The highest BCUT2D eigenvalue weighted by atomic mass is 35.5. The fraction of sp³-hybridized carbons (Fsp3) is 0.385. The minimum atomic E-state index is -0.514. The van der Waals surface area contributed by atoms with Gasteiger partial charge in [-0.05, 0) is 24.6 Å². The number of carbonyl (C=O) groups is 2. The minimum Gasteiger partial charge on any atom is -0.465 e. The Morgan fingerprint density at radius 3 is 2.84 bits per heavy atom. The molecule has 1 aromatic rings. The number of halogens is 1. The molecule has 1 heterocycles. The summed E-state index contributed by atoms with van der Waals surface area (Å²) in [4.78, 5) is 25.3. The number of carbonyl (C=O) groups excluding carboxylic acids is 2. The molecular formula is C13H14ClNO4. The smallest absolute Gasteiger partial charge is 0.340 e. The molecule has 0 unspecified atom stereocenters. The third-order valence-corrected chi connectivity index (χ3v) is 3.14. The lowest BCUT2D eigenvalue weighted by atomic mass is 10.1. The van der Waals surface area contributed by atoms with Crippen LogP contribution in [0, 0.1) is 6.92 Å². The topological polar surface area (TPSA) is 55.8 Å². The van der Waals surface area contributed by atoms with Crippen molar-refractivity contribution in [2.24, 2.45) is 0 Å². The van der Waals surface area contributed by atoms with Gasteiger partial charge in [0, 0.05) is 11.6 Å². The van der Waals surface area contributed by atoms with Crippen molar-refractivity contribution in [1.29, 1.82) is 0 Å². The zero-order valence-electron chi connectivity index (χ0n) is 10.7. The van der Waals surface area contributed by atoms with Gasteiger partial charge in [0.05, 0.1) is 25.0 Å². The van der Waals surface area contributed by atoms with E-state index in [1.54, 1.807) is 17.9 Å². The third-order valence-electron chi connectivity index (χ3n) is 2.93. The van der Waals surface area contributed by atoms with E-state index in [0.717, 1.165) is 5.56 Å². The molecule has 0 saturated carbocycles. The molecule has 1 aliphatic rings. The van der Waals surface area contributed by atoms with Crippen LogP contribution in [0.4, 0.5) is 5.69 Å². The number of amides is 1. The van der Waals surface area contributed by atoms with Crippen LogP contribution < -0.4 is 4.90 Å². The molecule has 1 aromatic carbocycles. The van der Waals surface area contributed by atoms with Crippen LogP contribution in [0.1, 0.15) is 15.9 Å². The predicted molar refractivity (Wildman–Crippen MR) is 70.7 cm³/mol. The van der Waals surface area contributed by atoms with Crippen LogP contribution in [0.5, 0.6) is 0 Å². The third kappa shape index (κ3) is 2.72. The predicted octanol–water partition coefficient (Wildman–Crippen LogP) is 1.80. The summed E-state index contributed by atoms with van der Waals surface area (Å²) in [5.41, 5.74) is 1.59. The average molecular weight is 284 g/mol. The Balaban J connectivity index is 2.53.